The van der Waals surface area contributed by atoms with Crippen LogP contribution in [-0.4, -0.2) is 35.7 Å². The molecule has 1 saturated carbocycles. The van der Waals surface area contributed by atoms with E-state index in [-0.39, 0.29) is 12.0 Å². The van der Waals surface area contributed by atoms with E-state index in [2.05, 4.69) is 38.8 Å². The normalized spacial score (nSPS) is 30.1. The van der Waals surface area contributed by atoms with Gasteiger partial charge in [-0.1, -0.05) is 20.8 Å². The minimum Gasteiger partial charge on any atom is -0.393 e. The van der Waals surface area contributed by atoms with Crippen LogP contribution in [0.5, 0.6) is 0 Å². The first-order chi connectivity index (χ1) is 8.75. The Morgan fingerprint density at radius 3 is 2.47 bits per heavy atom. The molecule has 0 aromatic rings. The Labute approximate surface area is 118 Å². The summed E-state index contributed by atoms with van der Waals surface area (Å²) < 4.78 is 0. The molecule has 0 saturated heterocycles. The van der Waals surface area contributed by atoms with E-state index in [9.17, 15) is 10.4 Å². The molecule has 1 aliphatic rings. The van der Waals surface area contributed by atoms with Gasteiger partial charge in [-0.2, -0.15) is 5.26 Å². The van der Waals surface area contributed by atoms with Crippen molar-refractivity contribution in [3.8, 4) is 6.07 Å². The summed E-state index contributed by atoms with van der Waals surface area (Å²) in [5.41, 5.74) is 0.323. The lowest BCUT2D eigenvalue weighted by molar-refractivity contribution is 0.0655. The van der Waals surface area contributed by atoms with Gasteiger partial charge in [0.25, 0.3) is 0 Å². The van der Waals surface area contributed by atoms with E-state index in [4.69, 9.17) is 0 Å². The van der Waals surface area contributed by atoms with Crippen LogP contribution < -0.4 is 0 Å². The lowest BCUT2D eigenvalue weighted by Crippen LogP contribution is -2.45. The smallest absolute Gasteiger partial charge is 0.0672 e. The van der Waals surface area contributed by atoms with Crippen LogP contribution in [0.15, 0.2) is 0 Å². The van der Waals surface area contributed by atoms with Crippen LogP contribution in [0.25, 0.3) is 0 Å². The van der Waals surface area contributed by atoms with Crippen molar-refractivity contribution < 1.29 is 5.11 Å². The van der Waals surface area contributed by atoms with E-state index in [1.54, 1.807) is 0 Å². The van der Waals surface area contributed by atoms with Crippen molar-refractivity contribution >= 4 is 0 Å². The van der Waals surface area contributed by atoms with Gasteiger partial charge >= 0.3 is 0 Å². The monoisotopic (exact) mass is 266 g/mol. The summed E-state index contributed by atoms with van der Waals surface area (Å²) in [4.78, 5) is 2.29. The molecule has 1 N–H and O–H groups in total. The third kappa shape index (κ3) is 4.78. The molecule has 0 aromatic carbocycles. The van der Waals surface area contributed by atoms with E-state index in [1.165, 1.54) is 6.42 Å². The first-order valence-electron chi connectivity index (χ1n) is 7.53. The van der Waals surface area contributed by atoms with Crippen LogP contribution in [0.1, 0.15) is 53.4 Å². The molecule has 0 aromatic heterocycles. The van der Waals surface area contributed by atoms with E-state index < -0.39 is 0 Å². The van der Waals surface area contributed by atoms with Gasteiger partial charge in [0.1, 0.15) is 0 Å². The minimum atomic E-state index is -0.259. The van der Waals surface area contributed by atoms with Gasteiger partial charge in [0.2, 0.25) is 0 Å². The molecule has 0 heterocycles. The van der Waals surface area contributed by atoms with Crippen LogP contribution in [0.3, 0.4) is 0 Å². The van der Waals surface area contributed by atoms with Crippen molar-refractivity contribution in [2.24, 2.45) is 17.3 Å². The number of nitrogens with zero attached hydrogens (tertiary/aromatic N) is 2. The fraction of sp³-hybridized carbons (Fsp3) is 0.938. The van der Waals surface area contributed by atoms with E-state index in [0.29, 0.717) is 17.4 Å². The zero-order chi connectivity index (χ0) is 14.6. The van der Waals surface area contributed by atoms with Crippen LogP contribution in [0.2, 0.25) is 0 Å². The van der Waals surface area contributed by atoms with Gasteiger partial charge in [-0.15, -0.1) is 0 Å². The number of hydrogen-bond acceptors (Lipinski definition) is 3. The van der Waals surface area contributed by atoms with E-state index in [1.807, 2.05) is 6.92 Å². The van der Waals surface area contributed by atoms with Gasteiger partial charge in [0, 0.05) is 12.6 Å². The van der Waals surface area contributed by atoms with Gasteiger partial charge in [0.15, 0.2) is 0 Å². The van der Waals surface area contributed by atoms with Gasteiger partial charge in [0.05, 0.1) is 18.1 Å². The lowest BCUT2D eigenvalue weighted by atomic mass is 9.68. The van der Waals surface area contributed by atoms with Crippen LogP contribution >= 0.6 is 0 Å². The van der Waals surface area contributed by atoms with Crippen molar-refractivity contribution in [1.29, 1.82) is 5.26 Å². The highest BCUT2D eigenvalue weighted by molar-refractivity contribution is 4.98. The highest BCUT2D eigenvalue weighted by atomic mass is 16.3. The van der Waals surface area contributed by atoms with E-state index in [0.717, 1.165) is 25.8 Å². The summed E-state index contributed by atoms with van der Waals surface area (Å²) in [5.74, 6) is 0.841. The van der Waals surface area contributed by atoms with Gasteiger partial charge in [-0.25, -0.2) is 0 Å². The molecule has 1 aliphatic carbocycles. The lowest BCUT2D eigenvalue weighted by Gasteiger charge is -2.43. The third-order valence-electron chi connectivity index (χ3n) is 4.67. The van der Waals surface area contributed by atoms with Gasteiger partial charge in [-0.05, 0) is 51.0 Å². The van der Waals surface area contributed by atoms with Crippen molar-refractivity contribution in [2.75, 3.05) is 13.6 Å². The maximum Gasteiger partial charge on any atom is 0.0672 e. The quantitative estimate of drug-likeness (QED) is 0.850. The molecule has 4 unspecified atom stereocenters. The standard InChI is InChI=1S/C16H30N2O/c1-12(19)8-9-18(5)15-10-14(16(2,3)4)7-6-13(15)11-17/h12-15,19H,6-10H2,1-5H3. The average Bonchev–Trinajstić information content (AvgIpc) is 2.33. The maximum absolute atomic E-state index is 9.41. The first-order valence-corrected chi connectivity index (χ1v) is 7.53. The highest BCUT2D eigenvalue weighted by Gasteiger charge is 2.37. The Hall–Kier alpha value is -0.590. The van der Waals surface area contributed by atoms with Crippen molar-refractivity contribution in [3.05, 3.63) is 0 Å². The molecule has 0 aliphatic heterocycles. The average molecular weight is 266 g/mol. The molecule has 4 atom stereocenters. The summed E-state index contributed by atoms with van der Waals surface area (Å²) in [6.07, 6.45) is 3.82. The predicted molar refractivity (Wildman–Crippen MR) is 78.6 cm³/mol. The molecule has 3 heteroatoms. The fourth-order valence-electron chi connectivity index (χ4n) is 3.13. The summed E-state index contributed by atoms with van der Waals surface area (Å²) in [6, 6.07) is 2.84. The van der Waals surface area contributed by atoms with Crippen LogP contribution in [0, 0.1) is 28.6 Å². The fourth-order valence-corrected chi connectivity index (χ4v) is 3.13. The third-order valence-corrected chi connectivity index (χ3v) is 4.67. The number of hydrogen-bond donors (Lipinski definition) is 1. The topological polar surface area (TPSA) is 47.3 Å². The SMILES string of the molecule is CC(O)CCN(C)C1CC(C(C)(C)C)CCC1C#N. The van der Waals surface area contributed by atoms with Gasteiger partial charge in [-0.3, -0.25) is 0 Å². The van der Waals surface area contributed by atoms with E-state index >= 15 is 0 Å². The molecule has 19 heavy (non-hydrogen) atoms. The number of aliphatic hydroxyl groups excluding tert-OH is 1. The predicted octanol–water partition coefficient (Wildman–Crippen LogP) is 3.04. The number of aliphatic hydroxyl groups is 1. The zero-order valence-corrected chi connectivity index (χ0v) is 13.2. The maximum atomic E-state index is 9.41. The Morgan fingerprint density at radius 2 is 2.00 bits per heavy atom. The molecule has 3 nitrogen and oxygen atoms in total. The summed E-state index contributed by atoms with van der Waals surface area (Å²) in [7, 11) is 2.10. The zero-order valence-electron chi connectivity index (χ0n) is 13.2. The molecule has 0 bridgehead atoms. The Kier molecular flexibility index (Phi) is 5.82. The van der Waals surface area contributed by atoms with Crippen molar-refractivity contribution in [3.63, 3.8) is 0 Å². The summed E-state index contributed by atoms with van der Waals surface area (Å²) >= 11 is 0. The Balaban J connectivity index is 2.67. The molecular formula is C16H30N2O. The summed E-state index contributed by atoms with van der Waals surface area (Å²) in [5, 5.41) is 18.8. The summed E-state index contributed by atoms with van der Waals surface area (Å²) in [6.45, 7) is 9.61. The second kappa shape index (κ2) is 6.72. The van der Waals surface area contributed by atoms with Crippen molar-refractivity contribution in [2.45, 2.75) is 65.5 Å². The molecule has 0 radical (unpaired) electrons. The minimum absolute atomic E-state index is 0.151. The second-order valence-corrected chi connectivity index (χ2v) is 7.30. The molecule has 1 rings (SSSR count). The van der Waals surface area contributed by atoms with Crippen molar-refractivity contribution in [1.82, 2.24) is 4.90 Å². The molecular weight excluding hydrogens is 236 g/mol. The van der Waals surface area contributed by atoms with Crippen LogP contribution in [-0.2, 0) is 0 Å². The molecule has 1 fully saturated rings. The Morgan fingerprint density at radius 1 is 1.37 bits per heavy atom. The van der Waals surface area contributed by atoms with Gasteiger partial charge < -0.3 is 10.0 Å². The largest absolute Gasteiger partial charge is 0.393 e. The first kappa shape index (κ1) is 16.5. The highest BCUT2D eigenvalue weighted by Crippen LogP contribution is 2.41. The molecule has 0 amide bonds. The second-order valence-electron chi connectivity index (χ2n) is 7.30. The number of rotatable bonds is 4. The number of nitriles is 1. The molecule has 0 spiro atoms. The Bertz CT molecular complexity index is 314. The molecule has 110 valence electrons. The van der Waals surface area contributed by atoms with Crippen LogP contribution in [0.4, 0.5) is 0 Å².